The number of halogens is 1. The molecule has 0 radical (unpaired) electrons. The van der Waals surface area contributed by atoms with Gasteiger partial charge in [0.1, 0.15) is 5.03 Å². The van der Waals surface area contributed by atoms with Crippen LogP contribution in [0, 0.1) is 0 Å². The van der Waals surface area contributed by atoms with E-state index in [1.165, 1.54) is 16.4 Å². The van der Waals surface area contributed by atoms with Crippen LogP contribution in [0.5, 0.6) is 0 Å². The molecule has 3 aromatic heterocycles. The predicted molar refractivity (Wildman–Crippen MR) is 80.0 cm³/mol. The molecule has 20 heavy (non-hydrogen) atoms. The second kappa shape index (κ2) is 4.76. The van der Waals surface area contributed by atoms with Crippen LogP contribution in [0.15, 0.2) is 44.2 Å². The zero-order valence-electron chi connectivity index (χ0n) is 9.76. The summed E-state index contributed by atoms with van der Waals surface area (Å²) in [6, 6.07) is 9.77. The van der Waals surface area contributed by atoms with E-state index in [9.17, 15) is 0 Å². The van der Waals surface area contributed by atoms with Gasteiger partial charge >= 0.3 is 0 Å². The summed E-state index contributed by atoms with van der Waals surface area (Å²) in [5.41, 5.74) is 1.60. The summed E-state index contributed by atoms with van der Waals surface area (Å²) >= 11 is 6.65. The minimum absolute atomic E-state index is 0.626. The number of hydrogen-bond donors (Lipinski definition) is 0. The van der Waals surface area contributed by atoms with Gasteiger partial charge < -0.3 is 0 Å². The van der Waals surface area contributed by atoms with Crippen molar-refractivity contribution in [2.24, 2.45) is 0 Å². The second-order valence-corrected chi connectivity index (χ2v) is 7.02. The van der Waals surface area contributed by atoms with Gasteiger partial charge in [-0.05, 0) is 62.4 Å². The molecule has 0 saturated heterocycles. The summed E-state index contributed by atoms with van der Waals surface area (Å²) in [4.78, 5) is 4.61. The molecule has 0 aliphatic rings. The highest BCUT2D eigenvalue weighted by Crippen LogP contribution is 2.35. The molecule has 0 atom stereocenters. The SMILES string of the molecule is Brc1cccc2sc(Sc3ccc4nnnn4n3)nc12. The number of hydrogen-bond acceptors (Lipinski definition) is 7. The summed E-state index contributed by atoms with van der Waals surface area (Å²) in [6.07, 6.45) is 0. The van der Waals surface area contributed by atoms with Crippen LogP contribution in [-0.2, 0) is 0 Å². The number of rotatable bonds is 2. The number of para-hydroxylation sites is 1. The van der Waals surface area contributed by atoms with E-state index in [1.807, 2.05) is 24.3 Å². The van der Waals surface area contributed by atoms with Crippen molar-refractivity contribution in [2.45, 2.75) is 9.37 Å². The van der Waals surface area contributed by atoms with Crippen LogP contribution in [0.2, 0.25) is 0 Å². The molecule has 0 unspecified atom stereocenters. The molecular formula is C11H5BrN6S2. The monoisotopic (exact) mass is 364 g/mol. The van der Waals surface area contributed by atoms with Crippen molar-refractivity contribution >= 4 is 54.9 Å². The molecule has 9 heteroatoms. The van der Waals surface area contributed by atoms with E-state index < -0.39 is 0 Å². The molecule has 1 aromatic carbocycles. The maximum Gasteiger partial charge on any atom is 0.200 e. The number of nitrogens with zero attached hydrogens (tertiary/aromatic N) is 6. The van der Waals surface area contributed by atoms with E-state index in [-0.39, 0.29) is 0 Å². The van der Waals surface area contributed by atoms with E-state index in [1.54, 1.807) is 11.3 Å². The summed E-state index contributed by atoms with van der Waals surface area (Å²) in [7, 11) is 0. The molecule has 0 fully saturated rings. The lowest BCUT2D eigenvalue weighted by molar-refractivity contribution is 0.702. The fraction of sp³-hybridized carbons (Fsp3) is 0. The van der Waals surface area contributed by atoms with Crippen molar-refractivity contribution in [3.8, 4) is 0 Å². The van der Waals surface area contributed by atoms with Crippen LogP contribution in [0.4, 0.5) is 0 Å². The highest BCUT2D eigenvalue weighted by atomic mass is 79.9. The Labute approximate surface area is 129 Å². The molecule has 0 spiro atoms. The minimum Gasteiger partial charge on any atom is -0.228 e. The molecule has 0 amide bonds. The third-order valence-electron chi connectivity index (χ3n) is 2.59. The fourth-order valence-corrected chi connectivity index (χ4v) is 4.29. The number of fused-ring (bicyclic) bond motifs is 2. The first-order valence-corrected chi connectivity index (χ1v) is 8.00. The standard InChI is InChI=1S/C11H5BrN6S2/c12-6-2-1-3-7-10(6)13-11(19-7)20-9-5-4-8-14-16-17-18(8)15-9/h1-5H. The number of tetrazole rings is 1. The molecule has 4 aromatic rings. The van der Waals surface area contributed by atoms with Crippen LogP contribution in [-0.4, -0.2) is 30.2 Å². The molecule has 98 valence electrons. The van der Waals surface area contributed by atoms with Gasteiger partial charge in [0.25, 0.3) is 0 Å². The van der Waals surface area contributed by atoms with Gasteiger partial charge in [-0.25, -0.2) is 4.98 Å². The minimum atomic E-state index is 0.626. The third-order valence-corrected chi connectivity index (χ3v) is 5.24. The van der Waals surface area contributed by atoms with Crippen molar-refractivity contribution in [2.75, 3.05) is 0 Å². The van der Waals surface area contributed by atoms with E-state index in [2.05, 4.69) is 47.6 Å². The lowest BCUT2D eigenvalue weighted by Gasteiger charge is -1.95. The first-order chi connectivity index (χ1) is 9.79. The number of benzene rings is 1. The normalized spacial score (nSPS) is 11.4. The zero-order chi connectivity index (χ0) is 13.5. The van der Waals surface area contributed by atoms with Gasteiger partial charge in [-0.15, -0.1) is 26.2 Å². The Morgan fingerprint density at radius 3 is 3.05 bits per heavy atom. The second-order valence-electron chi connectivity index (χ2n) is 3.87. The van der Waals surface area contributed by atoms with Gasteiger partial charge in [0.15, 0.2) is 9.99 Å². The van der Waals surface area contributed by atoms with Crippen molar-refractivity contribution in [1.82, 2.24) is 30.2 Å². The number of aromatic nitrogens is 6. The Kier molecular flexibility index (Phi) is 2.90. The first-order valence-electron chi connectivity index (χ1n) is 5.58. The lowest BCUT2D eigenvalue weighted by Crippen LogP contribution is -1.94. The molecule has 0 aliphatic carbocycles. The van der Waals surface area contributed by atoms with E-state index in [4.69, 9.17) is 0 Å². The average Bonchev–Trinajstić information content (AvgIpc) is 3.05. The predicted octanol–water partition coefficient (Wildman–Crippen LogP) is 3.04. The van der Waals surface area contributed by atoms with Gasteiger partial charge in [0.2, 0.25) is 0 Å². The topological polar surface area (TPSA) is 68.9 Å². The zero-order valence-corrected chi connectivity index (χ0v) is 13.0. The molecule has 0 N–H and O–H groups in total. The Balaban J connectivity index is 1.74. The first kappa shape index (κ1) is 12.2. The summed E-state index contributed by atoms with van der Waals surface area (Å²) < 4.78 is 4.49. The average molecular weight is 365 g/mol. The third kappa shape index (κ3) is 2.07. The van der Waals surface area contributed by atoms with Crippen molar-refractivity contribution in [3.63, 3.8) is 0 Å². The van der Waals surface area contributed by atoms with Crippen LogP contribution < -0.4 is 0 Å². The Morgan fingerprint density at radius 1 is 1.20 bits per heavy atom. The maximum absolute atomic E-state index is 4.61. The lowest BCUT2D eigenvalue weighted by atomic mass is 10.3. The van der Waals surface area contributed by atoms with Crippen LogP contribution >= 0.6 is 39.0 Å². The maximum atomic E-state index is 4.61. The highest BCUT2D eigenvalue weighted by Gasteiger charge is 2.09. The van der Waals surface area contributed by atoms with E-state index in [0.717, 1.165) is 24.1 Å². The van der Waals surface area contributed by atoms with Gasteiger partial charge in [0.05, 0.1) is 10.2 Å². The molecule has 3 heterocycles. The Morgan fingerprint density at radius 2 is 2.15 bits per heavy atom. The van der Waals surface area contributed by atoms with Gasteiger partial charge in [0, 0.05) is 4.47 Å². The van der Waals surface area contributed by atoms with Crippen molar-refractivity contribution in [3.05, 3.63) is 34.8 Å². The smallest absolute Gasteiger partial charge is 0.200 e. The van der Waals surface area contributed by atoms with E-state index >= 15 is 0 Å². The Bertz CT molecular complexity index is 917. The summed E-state index contributed by atoms with van der Waals surface area (Å²) in [6.45, 7) is 0. The molecule has 4 rings (SSSR count). The van der Waals surface area contributed by atoms with E-state index in [0.29, 0.717) is 5.65 Å². The van der Waals surface area contributed by atoms with Gasteiger partial charge in [-0.1, -0.05) is 6.07 Å². The highest BCUT2D eigenvalue weighted by molar-refractivity contribution is 9.10. The molecule has 0 saturated carbocycles. The quantitative estimate of drug-likeness (QED) is 0.544. The van der Waals surface area contributed by atoms with Crippen LogP contribution in [0.25, 0.3) is 15.9 Å². The Hall–Kier alpha value is -1.58. The molecule has 0 bridgehead atoms. The van der Waals surface area contributed by atoms with Gasteiger partial charge in [-0.2, -0.15) is 0 Å². The molecular weight excluding hydrogens is 360 g/mol. The van der Waals surface area contributed by atoms with Crippen molar-refractivity contribution in [1.29, 1.82) is 0 Å². The fourth-order valence-electron chi connectivity index (χ4n) is 1.72. The number of thiazole rings is 1. The molecule has 0 aliphatic heterocycles. The van der Waals surface area contributed by atoms with Crippen LogP contribution in [0.1, 0.15) is 0 Å². The summed E-state index contributed by atoms with van der Waals surface area (Å²) in [5, 5.41) is 16.3. The van der Waals surface area contributed by atoms with Crippen molar-refractivity contribution < 1.29 is 0 Å². The summed E-state index contributed by atoms with van der Waals surface area (Å²) in [5.74, 6) is 0. The van der Waals surface area contributed by atoms with Gasteiger partial charge in [-0.3, -0.25) is 0 Å². The van der Waals surface area contributed by atoms with Crippen LogP contribution in [0.3, 0.4) is 0 Å². The largest absolute Gasteiger partial charge is 0.228 e. The molecule has 6 nitrogen and oxygen atoms in total.